The number of nitrogens with two attached hydrogens (primary N) is 1. The highest BCUT2D eigenvalue weighted by Crippen LogP contribution is 2.36. The van der Waals surface area contributed by atoms with Crippen LogP contribution in [0.3, 0.4) is 0 Å². The summed E-state index contributed by atoms with van der Waals surface area (Å²) in [5, 5.41) is 0. The molecular weight excluding hydrogens is 235 g/mol. The number of rotatable bonds is 2. The van der Waals surface area contributed by atoms with Crippen molar-refractivity contribution >= 4 is 11.1 Å². The molecule has 0 spiro atoms. The van der Waals surface area contributed by atoms with Crippen molar-refractivity contribution in [3.05, 3.63) is 23.8 Å². The molecule has 2 atom stereocenters. The monoisotopic (exact) mass is 250 g/mol. The first-order chi connectivity index (χ1) is 8.69. The third-order valence-electron chi connectivity index (χ3n) is 3.54. The predicted octanol–water partition coefficient (Wildman–Crippen LogP) is 2.57. The molecule has 1 aromatic heterocycles. The Morgan fingerprint density at radius 2 is 2.28 bits per heavy atom. The summed E-state index contributed by atoms with van der Waals surface area (Å²) in [5.74, 6) is 0.717. The average Bonchev–Trinajstić information content (AvgIpc) is 2.93. The highest BCUT2D eigenvalue weighted by molar-refractivity contribution is 5.79. The van der Waals surface area contributed by atoms with Crippen molar-refractivity contribution in [2.75, 3.05) is 7.11 Å². The van der Waals surface area contributed by atoms with Crippen LogP contribution < -0.4 is 10.5 Å². The average molecular weight is 250 g/mol. The first-order valence-corrected chi connectivity index (χ1v) is 6.08. The van der Waals surface area contributed by atoms with Crippen molar-refractivity contribution in [1.82, 2.24) is 4.98 Å². The molecule has 0 aliphatic heterocycles. The Kier molecular flexibility index (Phi) is 2.70. The Hall–Kier alpha value is -1.62. The Morgan fingerprint density at radius 3 is 2.94 bits per heavy atom. The minimum atomic E-state index is -0.380. The van der Waals surface area contributed by atoms with E-state index in [2.05, 4.69) is 4.98 Å². The van der Waals surface area contributed by atoms with Gasteiger partial charge in [0.25, 0.3) is 0 Å². The lowest BCUT2D eigenvalue weighted by molar-refractivity contribution is 0.396. The summed E-state index contributed by atoms with van der Waals surface area (Å²) < 4.78 is 24.2. The van der Waals surface area contributed by atoms with E-state index in [1.807, 2.05) is 0 Å². The van der Waals surface area contributed by atoms with Gasteiger partial charge in [0.2, 0.25) is 0 Å². The molecule has 0 bridgehead atoms. The SMILES string of the molecule is COc1cc(F)cc2nc(C3CCCC3N)oc12. The summed E-state index contributed by atoms with van der Waals surface area (Å²) in [6.45, 7) is 0. The van der Waals surface area contributed by atoms with Gasteiger partial charge in [-0.2, -0.15) is 0 Å². The summed E-state index contributed by atoms with van der Waals surface area (Å²) in [7, 11) is 1.48. The lowest BCUT2D eigenvalue weighted by Gasteiger charge is -2.09. The van der Waals surface area contributed by atoms with Crippen LogP contribution in [0.1, 0.15) is 31.1 Å². The number of nitrogens with zero attached hydrogens (tertiary/aromatic N) is 1. The number of halogens is 1. The maximum atomic E-state index is 13.4. The first-order valence-electron chi connectivity index (χ1n) is 6.08. The molecule has 1 aliphatic rings. The van der Waals surface area contributed by atoms with Gasteiger partial charge in [-0.1, -0.05) is 6.42 Å². The number of hydrogen-bond acceptors (Lipinski definition) is 4. The van der Waals surface area contributed by atoms with E-state index in [0.717, 1.165) is 19.3 Å². The molecule has 1 saturated carbocycles. The summed E-state index contributed by atoms with van der Waals surface area (Å²) in [5.41, 5.74) is 7.01. The fourth-order valence-corrected chi connectivity index (χ4v) is 2.59. The second-order valence-electron chi connectivity index (χ2n) is 4.71. The number of methoxy groups -OCH3 is 1. The van der Waals surface area contributed by atoms with Crippen LogP contribution in [0.4, 0.5) is 4.39 Å². The van der Waals surface area contributed by atoms with Gasteiger partial charge >= 0.3 is 0 Å². The zero-order valence-corrected chi connectivity index (χ0v) is 10.1. The molecule has 96 valence electrons. The van der Waals surface area contributed by atoms with Gasteiger partial charge in [0.1, 0.15) is 11.3 Å². The molecule has 0 radical (unpaired) electrons. The van der Waals surface area contributed by atoms with Gasteiger partial charge < -0.3 is 14.9 Å². The maximum absolute atomic E-state index is 13.4. The normalized spacial score (nSPS) is 23.7. The van der Waals surface area contributed by atoms with Crippen molar-refractivity contribution in [2.24, 2.45) is 5.73 Å². The third-order valence-corrected chi connectivity index (χ3v) is 3.54. The van der Waals surface area contributed by atoms with Gasteiger partial charge in [-0.05, 0) is 12.8 Å². The molecule has 2 N–H and O–H groups in total. The minimum absolute atomic E-state index is 0.0777. The van der Waals surface area contributed by atoms with Crippen LogP contribution in [0.15, 0.2) is 16.5 Å². The Morgan fingerprint density at radius 1 is 1.44 bits per heavy atom. The Bertz CT molecular complexity index is 582. The topological polar surface area (TPSA) is 61.3 Å². The van der Waals surface area contributed by atoms with E-state index < -0.39 is 0 Å². The zero-order valence-electron chi connectivity index (χ0n) is 10.1. The largest absolute Gasteiger partial charge is 0.493 e. The van der Waals surface area contributed by atoms with E-state index in [9.17, 15) is 4.39 Å². The lowest BCUT2D eigenvalue weighted by atomic mass is 10.1. The second kappa shape index (κ2) is 4.24. The van der Waals surface area contributed by atoms with Gasteiger partial charge in [-0.3, -0.25) is 0 Å². The molecule has 0 saturated heterocycles. The molecule has 1 aliphatic carbocycles. The van der Waals surface area contributed by atoms with Gasteiger partial charge in [0.15, 0.2) is 17.2 Å². The van der Waals surface area contributed by atoms with E-state index in [1.54, 1.807) is 0 Å². The Balaban J connectivity index is 2.10. The minimum Gasteiger partial charge on any atom is -0.493 e. The van der Waals surface area contributed by atoms with E-state index in [1.165, 1.54) is 19.2 Å². The standard InChI is InChI=1S/C13H15FN2O2/c1-17-11-6-7(14)5-10-12(11)18-13(16-10)8-3-2-4-9(8)15/h5-6,8-9H,2-4,15H2,1H3. The van der Waals surface area contributed by atoms with E-state index in [0.29, 0.717) is 22.7 Å². The summed E-state index contributed by atoms with van der Waals surface area (Å²) >= 11 is 0. The number of benzene rings is 1. The van der Waals surface area contributed by atoms with Crippen molar-refractivity contribution in [2.45, 2.75) is 31.2 Å². The smallest absolute Gasteiger partial charge is 0.200 e. The van der Waals surface area contributed by atoms with E-state index in [-0.39, 0.29) is 17.8 Å². The number of oxazole rings is 1. The highest BCUT2D eigenvalue weighted by Gasteiger charge is 2.30. The summed E-state index contributed by atoms with van der Waals surface area (Å²) in [6, 6.07) is 2.73. The van der Waals surface area contributed by atoms with Crippen molar-refractivity contribution in [1.29, 1.82) is 0 Å². The number of hydrogen-bond donors (Lipinski definition) is 1. The molecule has 0 amide bonds. The van der Waals surface area contributed by atoms with Crippen LogP contribution in [0.5, 0.6) is 5.75 Å². The molecule has 1 fully saturated rings. The van der Waals surface area contributed by atoms with Crippen molar-refractivity contribution in [3.8, 4) is 5.75 Å². The molecule has 4 nitrogen and oxygen atoms in total. The van der Waals surface area contributed by atoms with Crippen LogP contribution in [0, 0.1) is 5.82 Å². The first kappa shape index (κ1) is 11.5. The van der Waals surface area contributed by atoms with Gasteiger partial charge in [0.05, 0.1) is 13.0 Å². The fourth-order valence-electron chi connectivity index (χ4n) is 2.59. The number of aromatic nitrogens is 1. The number of ether oxygens (including phenoxy) is 1. The molecule has 1 heterocycles. The molecule has 3 rings (SSSR count). The van der Waals surface area contributed by atoms with Crippen LogP contribution in [-0.4, -0.2) is 18.1 Å². The lowest BCUT2D eigenvalue weighted by Crippen LogP contribution is -2.22. The van der Waals surface area contributed by atoms with E-state index >= 15 is 0 Å². The molecule has 5 heteroatoms. The van der Waals surface area contributed by atoms with Crippen LogP contribution in [0.2, 0.25) is 0 Å². The predicted molar refractivity (Wildman–Crippen MR) is 65.1 cm³/mol. The highest BCUT2D eigenvalue weighted by atomic mass is 19.1. The Labute approximate surface area is 104 Å². The summed E-state index contributed by atoms with van der Waals surface area (Å²) in [4.78, 5) is 4.35. The van der Waals surface area contributed by atoms with Gasteiger partial charge in [0, 0.05) is 18.2 Å². The molecular formula is C13H15FN2O2. The fraction of sp³-hybridized carbons (Fsp3) is 0.462. The quantitative estimate of drug-likeness (QED) is 0.889. The maximum Gasteiger partial charge on any atom is 0.200 e. The van der Waals surface area contributed by atoms with Crippen molar-refractivity contribution in [3.63, 3.8) is 0 Å². The summed E-state index contributed by atoms with van der Waals surface area (Å²) in [6.07, 6.45) is 3.03. The zero-order chi connectivity index (χ0) is 12.7. The third kappa shape index (κ3) is 1.75. The number of fused-ring (bicyclic) bond motifs is 1. The molecule has 1 aromatic carbocycles. The van der Waals surface area contributed by atoms with Crippen LogP contribution in [0.25, 0.3) is 11.1 Å². The van der Waals surface area contributed by atoms with Crippen LogP contribution >= 0.6 is 0 Å². The second-order valence-corrected chi connectivity index (χ2v) is 4.71. The van der Waals surface area contributed by atoms with Crippen LogP contribution in [-0.2, 0) is 0 Å². The van der Waals surface area contributed by atoms with Gasteiger partial charge in [-0.15, -0.1) is 0 Å². The molecule has 2 unspecified atom stereocenters. The molecule has 18 heavy (non-hydrogen) atoms. The molecule has 2 aromatic rings. The van der Waals surface area contributed by atoms with Crippen molar-refractivity contribution < 1.29 is 13.5 Å². The van der Waals surface area contributed by atoms with Gasteiger partial charge in [-0.25, -0.2) is 9.37 Å². The van der Waals surface area contributed by atoms with E-state index in [4.69, 9.17) is 14.9 Å².